The van der Waals surface area contributed by atoms with Gasteiger partial charge >= 0.3 is 6.03 Å². The zero-order valence-corrected chi connectivity index (χ0v) is 17.8. The topological polar surface area (TPSA) is 75.6 Å². The number of ether oxygens (including phenoxy) is 1. The molecule has 164 valence electrons. The van der Waals surface area contributed by atoms with Crippen LogP contribution in [0.1, 0.15) is 63.0 Å². The van der Waals surface area contributed by atoms with Gasteiger partial charge in [0.05, 0.1) is 0 Å². The fourth-order valence-electron chi connectivity index (χ4n) is 6.02. The maximum Gasteiger partial charge on any atom is 0.319 e. The maximum absolute atomic E-state index is 13.1. The first-order chi connectivity index (χ1) is 14.7. The van der Waals surface area contributed by atoms with Crippen molar-refractivity contribution in [3.05, 3.63) is 28.2 Å². The predicted octanol–water partition coefficient (Wildman–Crippen LogP) is 2.90. The van der Waals surface area contributed by atoms with Crippen LogP contribution in [0.15, 0.2) is 16.9 Å². The summed E-state index contributed by atoms with van der Waals surface area (Å²) in [5, 5.41) is 5.87. The van der Waals surface area contributed by atoms with Crippen molar-refractivity contribution in [1.29, 1.82) is 0 Å². The second-order valence-corrected chi connectivity index (χ2v) is 9.62. The van der Waals surface area contributed by atoms with Gasteiger partial charge in [0.1, 0.15) is 5.69 Å². The lowest BCUT2D eigenvalue weighted by atomic mass is 9.82. The van der Waals surface area contributed by atoms with Crippen LogP contribution >= 0.6 is 0 Å². The van der Waals surface area contributed by atoms with Crippen molar-refractivity contribution in [2.45, 2.75) is 75.9 Å². The lowest BCUT2D eigenvalue weighted by molar-refractivity contribution is 0.00589. The molecule has 30 heavy (non-hydrogen) atoms. The van der Waals surface area contributed by atoms with Crippen LogP contribution < -0.4 is 16.2 Å². The molecule has 0 radical (unpaired) electrons. The number of anilines is 1. The molecule has 4 aliphatic rings. The van der Waals surface area contributed by atoms with E-state index in [1.54, 1.807) is 0 Å². The number of piperidine rings is 1. The van der Waals surface area contributed by atoms with E-state index in [9.17, 15) is 9.59 Å². The van der Waals surface area contributed by atoms with E-state index in [0.717, 1.165) is 70.6 Å². The second-order valence-electron chi connectivity index (χ2n) is 9.62. The first-order valence-corrected chi connectivity index (χ1v) is 11.8. The number of nitrogens with zero attached hydrogens (tertiary/aromatic N) is 2. The van der Waals surface area contributed by atoms with E-state index in [-0.39, 0.29) is 17.6 Å². The van der Waals surface area contributed by atoms with Crippen molar-refractivity contribution in [2.75, 3.05) is 31.6 Å². The van der Waals surface area contributed by atoms with Crippen LogP contribution in [0.5, 0.6) is 0 Å². The highest BCUT2D eigenvalue weighted by Gasteiger charge is 2.37. The number of aromatic nitrogens is 1. The van der Waals surface area contributed by atoms with Gasteiger partial charge in [0.25, 0.3) is 5.56 Å². The summed E-state index contributed by atoms with van der Waals surface area (Å²) in [5.41, 5.74) is 1.47. The molecule has 2 bridgehead atoms. The molecule has 4 heterocycles. The molecule has 1 aliphatic carbocycles. The molecule has 3 fully saturated rings. The minimum absolute atomic E-state index is 0.0551. The van der Waals surface area contributed by atoms with Crippen molar-refractivity contribution in [2.24, 2.45) is 5.92 Å². The Kier molecular flexibility index (Phi) is 5.83. The van der Waals surface area contributed by atoms with Gasteiger partial charge < -0.3 is 19.9 Å². The zero-order valence-electron chi connectivity index (χ0n) is 17.8. The highest BCUT2D eigenvalue weighted by Crippen LogP contribution is 2.37. The molecule has 1 saturated carbocycles. The van der Waals surface area contributed by atoms with Crippen LogP contribution in [0.3, 0.4) is 0 Å². The van der Waals surface area contributed by atoms with E-state index >= 15 is 0 Å². The lowest BCUT2D eigenvalue weighted by Crippen LogP contribution is -2.52. The Morgan fingerprint density at radius 3 is 2.60 bits per heavy atom. The highest BCUT2D eigenvalue weighted by molar-refractivity contribution is 5.89. The summed E-state index contributed by atoms with van der Waals surface area (Å²) < 4.78 is 7.46. The third-order valence-corrected chi connectivity index (χ3v) is 7.53. The van der Waals surface area contributed by atoms with Gasteiger partial charge in [-0.3, -0.25) is 9.69 Å². The monoisotopic (exact) mass is 414 g/mol. The number of pyridine rings is 1. The van der Waals surface area contributed by atoms with Crippen LogP contribution in [0.2, 0.25) is 0 Å². The molecule has 0 aromatic carbocycles. The zero-order chi connectivity index (χ0) is 20.5. The van der Waals surface area contributed by atoms with Crippen molar-refractivity contribution in [3.63, 3.8) is 0 Å². The summed E-state index contributed by atoms with van der Waals surface area (Å²) in [7, 11) is 0. The van der Waals surface area contributed by atoms with Gasteiger partial charge in [0.15, 0.2) is 0 Å². The van der Waals surface area contributed by atoms with Gasteiger partial charge in [0, 0.05) is 56.5 Å². The Labute approximate surface area is 178 Å². The SMILES string of the molecule is O=C(Nc1ccc2n(c1=O)C[C@H]1C[C@@H]2CN(C2CCOCC2)C1)NC1CCCCC1. The summed E-state index contributed by atoms with van der Waals surface area (Å²) in [6.07, 6.45) is 9.04. The number of fused-ring (bicyclic) bond motifs is 4. The smallest absolute Gasteiger partial charge is 0.319 e. The molecule has 0 spiro atoms. The molecule has 5 rings (SSSR count). The summed E-state index contributed by atoms with van der Waals surface area (Å²) in [5.74, 6) is 0.904. The summed E-state index contributed by atoms with van der Waals surface area (Å²) >= 11 is 0. The van der Waals surface area contributed by atoms with Gasteiger partial charge in [0.2, 0.25) is 0 Å². The van der Waals surface area contributed by atoms with Crippen molar-refractivity contribution < 1.29 is 9.53 Å². The second kappa shape index (κ2) is 8.71. The molecular weight excluding hydrogens is 380 g/mol. The molecule has 1 aromatic rings. The Hall–Kier alpha value is -1.86. The minimum Gasteiger partial charge on any atom is -0.381 e. The molecule has 2 amide bonds. The van der Waals surface area contributed by atoms with Gasteiger partial charge in [-0.15, -0.1) is 0 Å². The standard InChI is InChI=1S/C23H34N4O3/c28-22-20(25-23(29)24-18-4-2-1-3-5-18)6-7-21-17-12-16(14-27(21)22)13-26(15-17)19-8-10-30-11-9-19/h6-7,16-19H,1-5,8-15H2,(H2,24,25,29)/t16-,17+/m0/s1. The van der Waals surface area contributed by atoms with E-state index in [1.165, 1.54) is 19.3 Å². The van der Waals surface area contributed by atoms with Crippen molar-refractivity contribution in [3.8, 4) is 0 Å². The van der Waals surface area contributed by atoms with Crippen LogP contribution in [-0.2, 0) is 11.3 Å². The maximum atomic E-state index is 13.1. The lowest BCUT2D eigenvalue weighted by Gasteiger charge is -2.46. The first-order valence-electron chi connectivity index (χ1n) is 11.8. The number of rotatable bonds is 3. The number of carbonyl (C=O) groups is 1. The number of urea groups is 1. The molecule has 1 aromatic heterocycles. The van der Waals surface area contributed by atoms with Crippen LogP contribution in [0, 0.1) is 5.92 Å². The molecule has 0 unspecified atom stereocenters. The average molecular weight is 415 g/mol. The van der Waals surface area contributed by atoms with Crippen LogP contribution in [0.25, 0.3) is 0 Å². The fourth-order valence-corrected chi connectivity index (χ4v) is 6.02. The number of hydrogen-bond donors (Lipinski definition) is 2. The number of amides is 2. The van der Waals surface area contributed by atoms with Crippen molar-refractivity contribution in [1.82, 2.24) is 14.8 Å². The van der Waals surface area contributed by atoms with Gasteiger partial charge in [-0.2, -0.15) is 0 Å². The first kappa shape index (κ1) is 20.1. The molecule has 2 saturated heterocycles. The van der Waals surface area contributed by atoms with Gasteiger partial charge in [-0.25, -0.2) is 4.79 Å². The molecule has 7 heteroatoms. The minimum atomic E-state index is -0.249. The normalized spacial score (nSPS) is 28.0. The molecule has 2 atom stereocenters. The van der Waals surface area contributed by atoms with E-state index in [0.29, 0.717) is 23.6 Å². The van der Waals surface area contributed by atoms with E-state index < -0.39 is 0 Å². The molecular formula is C23H34N4O3. The number of carbonyl (C=O) groups excluding carboxylic acids is 1. The van der Waals surface area contributed by atoms with E-state index in [2.05, 4.69) is 21.6 Å². The Morgan fingerprint density at radius 1 is 1.00 bits per heavy atom. The predicted molar refractivity (Wildman–Crippen MR) is 116 cm³/mol. The third-order valence-electron chi connectivity index (χ3n) is 7.53. The quantitative estimate of drug-likeness (QED) is 0.798. The summed E-state index contributed by atoms with van der Waals surface area (Å²) in [4.78, 5) is 28.2. The van der Waals surface area contributed by atoms with Gasteiger partial charge in [-0.05, 0) is 50.2 Å². The van der Waals surface area contributed by atoms with E-state index in [1.807, 2.05) is 10.6 Å². The van der Waals surface area contributed by atoms with Crippen LogP contribution in [-0.4, -0.2) is 53.9 Å². The largest absolute Gasteiger partial charge is 0.381 e. The highest BCUT2D eigenvalue weighted by atomic mass is 16.5. The third kappa shape index (κ3) is 4.14. The molecule has 3 aliphatic heterocycles. The number of likely N-dealkylation sites (tertiary alicyclic amines) is 1. The van der Waals surface area contributed by atoms with Gasteiger partial charge in [-0.1, -0.05) is 19.3 Å². The van der Waals surface area contributed by atoms with Crippen molar-refractivity contribution >= 4 is 11.7 Å². The Bertz CT molecular complexity index is 826. The Morgan fingerprint density at radius 2 is 1.80 bits per heavy atom. The average Bonchev–Trinajstić information content (AvgIpc) is 2.77. The Balaban J connectivity index is 1.28. The molecule has 7 nitrogen and oxygen atoms in total. The summed E-state index contributed by atoms with van der Waals surface area (Å²) in [6.45, 7) is 4.57. The number of hydrogen-bond acceptors (Lipinski definition) is 4. The van der Waals surface area contributed by atoms with Crippen LogP contribution in [0.4, 0.5) is 10.5 Å². The van der Waals surface area contributed by atoms with E-state index in [4.69, 9.17) is 4.74 Å². The summed E-state index contributed by atoms with van der Waals surface area (Å²) in [6, 6.07) is 4.47. The number of nitrogens with one attached hydrogen (secondary N) is 2. The molecule has 2 N–H and O–H groups in total. The fraction of sp³-hybridized carbons (Fsp3) is 0.739.